The van der Waals surface area contributed by atoms with Crippen molar-refractivity contribution < 1.29 is 63.1 Å². The second-order valence-corrected chi connectivity index (χ2v) is 23.4. The number of hydrogen-bond donors (Lipinski definition) is 5. The zero-order valence-corrected chi connectivity index (χ0v) is 47.7. The van der Waals surface area contributed by atoms with Gasteiger partial charge < -0.3 is 63.8 Å². The van der Waals surface area contributed by atoms with Crippen LogP contribution < -0.4 is 0 Å². The summed E-state index contributed by atoms with van der Waals surface area (Å²) in [4.78, 5) is 23.0. The molecule has 0 amide bonds. The number of ether oxygens (including phenoxy) is 6. The van der Waals surface area contributed by atoms with Crippen LogP contribution in [0.1, 0.15) is 124 Å². The van der Waals surface area contributed by atoms with Gasteiger partial charge in [0, 0.05) is 81.8 Å². The lowest BCUT2D eigenvalue weighted by Crippen LogP contribution is -2.62. The molecule has 3 aliphatic rings. The van der Waals surface area contributed by atoms with Gasteiger partial charge in [-0.25, -0.2) is 9.07 Å². The molecule has 0 bridgehead atoms. The largest absolute Gasteiger partial charge is 0.459 e. The van der Waals surface area contributed by atoms with Crippen molar-refractivity contribution in [3.05, 3.63) is 65.7 Å². The van der Waals surface area contributed by atoms with E-state index >= 15 is 0 Å². The molecule has 19 heteroatoms. The van der Waals surface area contributed by atoms with Crippen LogP contribution in [0.5, 0.6) is 0 Å². The lowest BCUT2D eigenvalue weighted by atomic mass is 9.68. The molecule has 0 aliphatic carbocycles. The molecule has 3 saturated heterocycles. The van der Waals surface area contributed by atoms with Crippen molar-refractivity contribution in [2.75, 3.05) is 48.1 Å². The highest BCUT2D eigenvalue weighted by molar-refractivity contribution is 5.73. The molecule has 3 fully saturated rings. The number of pyridine rings is 1. The number of benzene rings is 1. The SMILES string of the molecule is CC[C@H]1OC(=O)[C@H](C)[C@@H](C2C[C@@](C)(OC)[C@@H](O)[C@H](C)O2)[C@H](C)[C@@H](O[C@@H]2O[C@H](C)C[C@H](N(C)CCc3cn([C@H](CF)[C@H](OC)c4ccc(-c5ccc(C)nc5)cc4)nn3)[C@H]2O)[C@](C)(O)C[C@@H](C)CN(C)[C@H](C)[C@@H](O)[C@]1(C)O. The summed E-state index contributed by atoms with van der Waals surface area (Å²) < 4.78 is 54.6. The minimum absolute atomic E-state index is 0.172. The lowest BCUT2D eigenvalue weighted by molar-refractivity contribution is -0.302. The van der Waals surface area contributed by atoms with E-state index < -0.39 is 127 Å². The minimum atomic E-state index is -1.83. The second-order valence-electron chi connectivity index (χ2n) is 23.4. The molecule has 1 unspecified atom stereocenters. The Balaban J connectivity index is 1.26. The molecule has 428 valence electrons. The highest BCUT2D eigenvalue weighted by Gasteiger charge is 2.55. The minimum Gasteiger partial charge on any atom is -0.459 e. The smallest absolute Gasteiger partial charge is 0.309 e. The third kappa shape index (κ3) is 13.7. The van der Waals surface area contributed by atoms with Crippen LogP contribution in [-0.2, 0) is 39.6 Å². The number of methoxy groups -OCH3 is 2. The van der Waals surface area contributed by atoms with E-state index in [1.54, 1.807) is 54.8 Å². The van der Waals surface area contributed by atoms with Crippen molar-refractivity contribution in [2.24, 2.45) is 23.7 Å². The number of alkyl halides is 1. The Morgan fingerprint density at radius 3 is 2.22 bits per heavy atom. The van der Waals surface area contributed by atoms with Gasteiger partial charge in [-0.15, -0.1) is 5.10 Å². The first kappa shape index (κ1) is 61.6. The van der Waals surface area contributed by atoms with Crippen molar-refractivity contribution in [2.45, 2.75) is 204 Å². The van der Waals surface area contributed by atoms with Crippen molar-refractivity contribution >= 4 is 5.97 Å². The van der Waals surface area contributed by atoms with E-state index in [-0.39, 0.29) is 25.2 Å². The van der Waals surface area contributed by atoms with Gasteiger partial charge in [-0.3, -0.25) is 9.78 Å². The van der Waals surface area contributed by atoms with E-state index in [2.05, 4.69) is 15.3 Å². The fourth-order valence-corrected chi connectivity index (χ4v) is 12.6. The van der Waals surface area contributed by atoms with Gasteiger partial charge in [0.2, 0.25) is 0 Å². The van der Waals surface area contributed by atoms with Gasteiger partial charge >= 0.3 is 5.97 Å². The number of aromatic nitrogens is 4. The van der Waals surface area contributed by atoms with Crippen LogP contribution in [0, 0.1) is 30.6 Å². The number of carbonyl (C=O) groups excluding carboxylic acids is 1. The van der Waals surface area contributed by atoms with Gasteiger partial charge in [0.15, 0.2) is 6.29 Å². The average Bonchev–Trinajstić information content (AvgIpc) is 3.85. The fourth-order valence-electron chi connectivity index (χ4n) is 12.6. The number of aryl methyl sites for hydroxylation is 1. The number of carbonyl (C=O) groups is 1. The summed E-state index contributed by atoms with van der Waals surface area (Å²) in [7, 11) is 6.82. The van der Waals surface area contributed by atoms with E-state index in [1.165, 1.54) is 18.7 Å². The van der Waals surface area contributed by atoms with E-state index in [9.17, 15) is 34.7 Å². The highest BCUT2D eigenvalue weighted by Crippen LogP contribution is 2.45. The van der Waals surface area contributed by atoms with E-state index in [0.29, 0.717) is 31.6 Å². The van der Waals surface area contributed by atoms with Crippen LogP contribution in [0.2, 0.25) is 0 Å². The summed E-state index contributed by atoms with van der Waals surface area (Å²) in [5.74, 6) is -3.26. The summed E-state index contributed by atoms with van der Waals surface area (Å²) >= 11 is 0. The van der Waals surface area contributed by atoms with Crippen molar-refractivity contribution in [3.63, 3.8) is 0 Å². The summed E-state index contributed by atoms with van der Waals surface area (Å²) in [6, 6.07) is 9.91. The molecule has 0 saturated carbocycles. The maximum Gasteiger partial charge on any atom is 0.309 e. The molecular weight excluding hydrogens is 980 g/mol. The molecule has 20 atom stereocenters. The first-order chi connectivity index (χ1) is 35.7. The van der Waals surface area contributed by atoms with Gasteiger partial charge in [0.1, 0.15) is 48.8 Å². The first-order valence-corrected chi connectivity index (χ1v) is 27.3. The number of esters is 1. The number of aliphatic hydroxyl groups is 5. The predicted octanol–water partition coefficient (Wildman–Crippen LogP) is 5.65. The first-order valence-electron chi connectivity index (χ1n) is 27.3. The molecule has 18 nitrogen and oxygen atoms in total. The van der Waals surface area contributed by atoms with E-state index in [1.807, 2.05) is 94.2 Å². The Labute approximate surface area is 450 Å². The van der Waals surface area contributed by atoms with Crippen LogP contribution in [0.15, 0.2) is 48.8 Å². The molecule has 5 N–H and O–H groups in total. The van der Waals surface area contributed by atoms with Crippen LogP contribution in [0.3, 0.4) is 0 Å². The summed E-state index contributed by atoms with van der Waals surface area (Å²) in [6.45, 7) is 19.9. The molecule has 5 heterocycles. The second kappa shape index (κ2) is 25.7. The Morgan fingerprint density at radius 1 is 0.947 bits per heavy atom. The van der Waals surface area contributed by atoms with Crippen molar-refractivity contribution in [3.8, 4) is 11.1 Å². The molecule has 76 heavy (non-hydrogen) atoms. The van der Waals surface area contributed by atoms with E-state index in [4.69, 9.17) is 28.4 Å². The van der Waals surface area contributed by atoms with Crippen LogP contribution >= 0.6 is 0 Å². The van der Waals surface area contributed by atoms with Gasteiger partial charge in [-0.2, -0.15) is 0 Å². The average molecular weight is 1070 g/mol. The third-order valence-corrected chi connectivity index (χ3v) is 17.3. The summed E-state index contributed by atoms with van der Waals surface area (Å²) in [6.07, 6.45) is -4.40. The van der Waals surface area contributed by atoms with Crippen molar-refractivity contribution in [1.29, 1.82) is 0 Å². The molecular formula is C57H91FN6O12. The summed E-state index contributed by atoms with van der Waals surface area (Å²) in [5, 5.41) is 69.1. The third-order valence-electron chi connectivity index (χ3n) is 17.3. The maximum absolute atomic E-state index is 15.0. The highest BCUT2D eigenvalue weighted by atomic mass is 19.1. The molecule has 3 aliphatic heterocycles. The van der Waals surface area contributed by atoms with E-state index in [0.717, 1.165) is 22.4 Å². The van der Waals surface area contributed by atoms with Crippen LogP contribution in [0.25, 0.3) is 11.1 Å². The van der Waals surface area contributed by atoms with Crippen LogP contribution in [0.4, 0.5) is 4.39 Å². The molecule has 2 aromatic heterocycles. The fraction of sp³-hybridized carbons (Fsp3) is 0.754. The standard InChI is InChI=1S/C57H91FN6O12/c1-16-46-57(11,70)50(66)37(7)63(13)30-32(2)26-55(9,69)52(35(5)47(36(6)53(68)75-46)45-27-56(10,72-15)51(67)38(8)74-45)76-54-48(65)43(25-34(4)73-54)62(12)24-23-42-31-64(61-60-42)44(28-58)49(71-14)40-21-19-39(20-22-40)41-18-17-33(3)59-29-41/h17-22,29,31-32,34-38,43-52,54,65-67,69-70H,16,23-28,30H2,1-15H3/t32-,34-,35+,36-,37-,38+,43+,44-,45?,46-,47+,48-,49-,50-,51+,52-,54+,55-,56-,57-/m1/s1. The normalized spacial score (nSPS) is 38.5. The molecule has 0 radical (unpaired) electrons. The molecule has 0 spiro atoms. The monoisotopic (exact) mass is 1070 g/mol. The number of cyclic esters (lactones) is 1. The number of rotatable bonds is 15. The molecule has 1 aromatic carbocycles. The Morgan fingerprint density at radius 2 is 1.62 bits per heavy atom. The topological polar surface area (TPSA) is 224 Å². The number of halogens is 1. The molecule has 6 rings (SSSR count). The maximum atomic E-state index is 15.0. The zero-order chi connectivity index (χ0) is 56.2. The lowest BCUT2D eigenvalue weighted by Gasteiger charge is -2.51. The summed E-state index contributed by atoms with van der Waals surface area (Å²) in [5.41, 5.74) is -0.237. The Bertz CT molecular complexity index is 2290. The number of hydrogen-bond acceptors (Lipinski definition) is 17. The Kier molecular flexibility index (Phi) is 20.8. The van der Waals surface area contributed by atoms with Crippen LogP contribution in [-0.4, -0.2) is 193 Å². The number of nitrogens with zero attached hydrogens (tertiary/aromatic N) is 6. The zero-order valence-electron chi connectivity index (χ0n) is 47.7. The van der Waals surface area contributed by atoms with Gasteiger partial charge in [0.05, 0.1) is 47.2 Å². The Hall–Kier alpha value is -3.57. The van der Waals surface area contributed by atoms with Gasteiger partial charge in [-0.05, 0) is 111 Å². The van der Waals surface area contributed by atoms with Crippen molar-refractivity contribution in [1.82, 2.24) is 29.8 Å². The number of aliphatic hydroxyl groups excluding tert-OH is 3. The van der Waals surface area contributed by atoms with Gasteiger partial charge in [0.25, 0.3) is 0 Å². The van der Waals surface area contributed by atoms with Gasteiger partial charge in [-0.1, -0.05) is 63.2 Å². The predicted molar refractivity (Wildman–Crippen MR) is 285 cm³/mol. The quantitative estimate of drug-likeness (QED) is 0.116. The molecule has 3 aromatic rings. The number of likely N-dealkylation sites (N-methyl/N-ethyl adjacent to an activating group) is 2.